The fraction of sp³-hybridized carbons (Fsp3) is 0.312. The van der Waals surface area contributed by atoms with Crippen LogP contribution in [0.3, 0.4) is 0 Å². The molecule has 0 aliphatic heterocycles. The fourth-order valence-corrected chi connectivity index (χ4v) is 2.52. The van der Waals surface area contributed by atoms with Crippen LogP contribution in [-0.2, 0) is 0 Å². The zero-order valence-electron chi connectivity index (χ0n) is 12.4. The van der Waals surface area contributed by atoms with Crippen molar-refractivity contribution in [3.63, 3.8) is 0 Å². The first kappa shape index (κ1) is 15.8. The number of pyridine rings is 1. The summed E-state index contributed by atoms with van der Waals surface area (Å²) in [6, 6.07) is 9.66. The van der Waals surface area contributed by atoms with Gasteiger partial charge in [0.15, 0.2) is 0 Å². The number of aromatic nitrogens is 1. The fourth-order valence-electron chi connectivity index (χ4n) is 2.28. The van der Waals surface area contributed by atoms with Gasteiger partial charge in [0.1, 0.15) is 11.5 Å². The SMILES string of the molecule is CCNC(c1ccc(Br)cn1)c1c(OC)cccc1OC. The van der Waals surface area contributed by atoms with Crippen molar-refractivity contribution >= 4 is 15.9 Å². The van der Waals surface area contributed by atoms with Gasteiger partial charge in [-0.2, -0.15) is 0 Å². The van der Waals surface area contributed by atoms with E-state index in [2.05, 4.69) is 33.2 Å². The predicted molar refractivity (Wildman–Crippen MR) is 87.0 cm³/mol. The number of benzene rings is 1. The van der Waals surface area contributed by atoms with Gasteiger partial charge in [0, 0.05) is 10.7 Å². The van der Waals surface area contributed by atoms with Gasteiger partial charge < -0.3 is 14.8 Å². The summed E-state index contributed by atoms with van der Waals surface area (Å²) in [6.45, 7) is 2.87. The molecule has 2 aromatic rings. The van der Waals surface area contributed by atoms with Gasteiger partial charge in [0.2, 0.25) is 0 Å². The van der Waals surface area contributed by atoms with Crippen LogP contribution in [0.1, 0.15) is 24.2 Å². The van der Waals surface area contributed by atoms with Crippen molar-refractivity contribution < 1.29 is 9.47 Å². The minimum atomic E-state index is -0.0887. The molecule has 0 saturated heterocycles. The molecule has 1 aromatic carbocycles. The molecular formula is C16H19BrN2O2. The van der Waals surface area contributed by atoms with E-state index in [9.17, 15) is 0 Å². The molecule has 1 heterocycles. The van der Waals surface area contributed by atoms with Crippen LogP contribution in [0.4, 0.5) is 0 Å². The molecule has 5 heteroatoms. The highest BCUT2D eigenvalue weighted by atomic mass is 79.9. The molecule has 1 N–H and O–H groups in total. The molecule has 0 saturated carbocycles. The second-order valence-electron chi connectivity index (χ2n) is 4.47. The smallest absolute Gasteiger partial charge is 0.127 e. The Morgan fingerprint density at radius 1 is 1.14 bits per heavy atom. The number of nitrogens with one attached hydrogen (secondary N) is 1. The van der Waals surface area contributed by atoms with Crippen molar-refractivity contribution in [3.05, 3.63) is 52.3 Å². The van der Waals surface area contributed by atoms with Crippen molar-refractivity contribution in [2.75, 3.05) is 20.8 Å². The maximum atomic E-state index is 5.50. The van der Waals surface area contributed by atoms with Crippen molar-refractivity contribution in [1.29, 1.82) is 0 Å². The molecule has 1 atom stereocenters. The largest absolute Gasteiger partial charge is 0.496 e. The number of halogens is 1. The lowest BCUT2D eigenvalue weighted by molar-refractivity contribution is 0.376. The van der Waals surface area contributed by atoms with Gasteiger partial charge in [0.25, 0.3) is 0 Å². The summed E-state index contributed by atoms with van der Waals surface area (Å²) >= 11 is 3.41. The van der Waals surface area contributed by atoms with Crippen LogP contribution < -0.4 is 14.8 Å². The Morgan fingerprint density at radius 2 is 1.81 bits per heavy atom. The van der Waals surface area contributed by atoms with Gasteiger partial charge in [-0.1, -0.05) is 13.0 Å². The summed E-state index contributed by atoms with van der Waals surface area (Å²) < 4.78 is 12.0. The van der Waals surface area contributed by atoms with Crippen molar-refractivity contribution in [2.24, 2.45) is 0 Å². The molecule has 0 spiro atoms. The molecule has 2 rings (SSSR count). The quantitative estimate of drug-likeness (QED) is 0.864. The van der Waals surface area contributed by atoms with Gasteiger partial charge in [-0.25, -0.2) is 0 Å². The highest BCUT2D eigenvalue weighted by molar-refractivity contribution is 9.10. The van der Waals surface area contributed by atoms with Gasteiger partial charge >= 0.3 is 0 Å². The molecule has 4 nitrogen and oxygen atoms in total. The molecule has 112 valence electrons. The standard InChI is InChI=1S/C16H19BrN2O2/c1-4-18-16(12-9-8-11(17)10-19-12)15-13(20-2)6-5-7-14(15)21-3/h5-10,16,18H,4H2,1-3H3. The van der Waals surface area contributed by atoms with E-state index in [-0.39, 0.29) is 6.04 Å². The highest BCUT2D eigenvalue weighted by Gasteiger charge is 2.22. The van der Waals surface area contributed by atoms with Crippen molar-refractivity contribution in [2.45, 2.75) is 13.0 Å². The number of hydrogen-bond donors (Lipinski definition) is 1. The maximum absolute atomic E-state index is 5.50. The molecular weight excluding hydrogens is 332 g/mol. The normalized spacial score (nSPS) is 12.0. The first-order valence-corrected chi connectivity index (χ1v) is 7.56. The highest BCUT2D eigenvalue weighted by Crippen LogP contribution is 2.36. The Hall–Kier alpha value is -1.59. The molecule has 0 aliphatic rings. The zero-order chi connectivity index (χ0) is 15.2. The Bertz CT molecular complexity index is 565. The van der Waals surface area contributed by atoms with Crippen LogP contribution in [-0.4, -0.2) is 25.7 Å². The zero-order valence-corrected chi connectivity index (χ0v) is 14.0. The average Bonchev–Trinajstić information content (AvgIpc) is 2.53. The number of nitrogens with zero attached hydrogens (tertiary/aromatic N) is 1. The summed E-state index contributed by atoms with van der Waals surface area (Å²) in [7, 11) is 3.33. The van der Waals surface area contributed by atoms with E-state index in [0.717, 1.165) is 33.8 Å². The molecule has 0 radical (unpaired) electrons. The minimum Gasteiger partial charge on any atom is -0.496 e. The lowest BCUT2D eigenvalue weighted by Crippen LogP contribution is -2.24. The lowest BCUT2D eigenvalue weighted by atomic mass is 10.0. The van der Waals surface area contributed by atoms with Gasteiger partial charge in [0.05, 0.1) is 31.5 Å². The summed E-state index contributed by atoms with van der Waals surface area (Å²) in [5.74, 6) is 1.56. The monoisotopic (exact) mass is 350 g/mol. The average molecular weight is 351 g/mol. The molecule has 1 aromatic heterocycles. The Kier molecular flexibility index (Phi) is 5.59. The van der Waals surface area contributed by atoms with Crippen LogP contribution >= 0.6 is 15.9 Å². The minimum absolute atomic E-state index is 0.0887. The van der Waals surface area contributed by atoms with Crippen molar-refractivity contribution in [3.8, 4) is 11.5 Å². The molecule has 0 aliphatic carbocycles. The van der Waals surface area contributed by atoms with E-state index in [0.29, 0.717) is 0 Å². The van der Waals surface area contributed by atoms with E-state index in [1.165, 1.54) is 0 Å². The predicted octanol–water partition coefficient (Wildman–Crippen LogP) is 3.56. The van der Waals surface area contributed by atoms with Crippen LogP contribution in [0.25, 0.3) is 0 Å². The van der Waals surface area contributed by atoms with Crippen LogP contribution in [0, 0.1) is 0 Å². The van der Waals surface area contributed by atoms with E-state index >= 15 is 0 Å². The third-order valence-electron chi connectivity index (χ3n) is 3.21. The maximum Gasteiger partial charge on any atom is 0.127 e. The molecule has 0 fully saturated rings. The second kappa shape index (κ2) is 7.43. The lowest BCUT2D eigenvalue weighted by Gasteiger charge is -2.22. The van der Waals surface area contributed by atoms with E-state index < -0.39 is 0 Å². The molecule has 1 unspecified atom stereocenters. The van der Waals surface area contributed by atoms with Gasteiger partial charge in [-0.15, -0.1) is 0 Å². The molecule has 0 bridgehead atoms. The number of methoxy groups -OCH3 is 2. The Morgan fingerprint density at radius 3 is 2.29 bits per heavy atom. The van der Waals surface area contributed by atoms with Crippen LogP contribution in [0.5, 0.6) is 11.5 Å². The van der Waals surface area contributed by atoms with Crippen LogP contribution in [0.15, 0.2) is 41.0 Å². The van der Waals surface area contributed by atoms with E-state index in [1.54, 1.807) is 20.4 Å². The summed E-state index contributed by atoms with van der Waals surface area (Å²) in [5, 5.41) is 3.45. The van der Waals surface area contributed by atoms with Crippen molar-refractivity contribution in [1.82, 2.24) is 10.3 Å². The second-order valence-corrected chi connectivity index (χ2v) is 5.38. The third kappa shape index (κ3) is 3.54. The first-order valence-electron chi connectivity index (χ1n) is 6.77. The third-order valence-corrected chi connectivity index (χ3v) is 3.68. The topological polar surface area (TPSA) is 43.4 Å². The van der Waals surface area contributed by atoms with Crippen LogP contribution in [0.2, 0.25) is 0 Å². The van der Waals surface area contributed by atoms with Gasteiger partial charge in [-0.05, 0) is 46.7 Å². The first-order chi connectivity index (χ1) is 10.2. The Balaban J connectivity index is 2.54. The van der Waals surface area contributed by atoms with Gasteiger partial charge in [-0.3, -0.25) is 4.98 Å². The number of rotatable bonds is 6. The Labute approximate surface area is 133 Å². The summed E-state index contributed by atoms with van der Waals surface area (Å²) in [5.41, 5.74) is 1.88. The molecule has 0 amide bonds. The number of hydrogen-bond acceptors (Lipinski definition) is 4. The molecule has 21 heavy (non-hydrogen) atoms. The summed E-state index contributed by atoms with van der Waals surface area (Å²) in [6.07, 6.45) is 1.79. The van der Waals surface area contributed by atoms with E-state index in [1.807, 2.05) is 30.3 Å². The number of ether oxygens (including phenoxy) is 2. The van der Waals surface area contributed by atoms with E-state index in [4.69, 9.17) is 9.47 Å². The summed E-state index contributed by atoms with van der Waals surface area (Å²) in [4.78, 5) is 4.50.